The zero-order valence-electron chi connectivity index (χ0n) is 19.5. The molecule has 4 atom stereocenters. The van der Waals surface area contributed by atoms with Crippen molar-refractivity contribution in [1.29, 1.82) is 0 Å². The molecular weight excluding hydrogens is 432 g/mol. The number of carbonyl (C=O) groups is 1. The van der Waals surface area contributed by atoms with Crippen LogP contribution >= 0.6 is 0 Å². The molecule has 1 amide bonds. The van der Waals surface area contributed by atoms with Crippen LogP contribution in [-0.4, -0.2) is 60.8 Å². The zero-order chi connectivity index (χ0) is 23.8. The normalized spacial score (nSPS) is 23.6. The van der Waals surface area contributed by atoms with Crippen LogP contribution in [0.15, 0.2) is 54.0 Å². The van der Waals surface area contributed by atoms with Crippen molar-refractivity contribution in [3.8, 4) is 11.1 Å². The summed E-state index contributed by atoms with van der Waals surface area (Å²) < 4.78 is 3.71. The number of aliphatic hydroxyl groups is 1. The van der Waals surface area contributed by atoms with Gasteiger partial charge in [-0.1, -0.05) is 6.92 Å². The van der Waals surface area contributed by atoms with E-state index in [-0.39, 0.29) is 36.0 Å². The molecule has 34 heavy (non-hydrogen) atoms. The predicted molar refractivity (Wildman–Crippen MR) is 127 cm³/mol. The van der Waals surface area contributed by atoms with Gasteiger partial charge < -0.3 is 19.6 Å². The number of amides is 1. The van der Waals surface area contributed by atoms with E-state index >= 15 is 0 Å². The second kappa shape index (κ2) is 9.15. The lowest BCUT2D eigenvalue weighted by Gasteiger charge is -2.29. The summed E-state index contributed by atoms with van der Waals surface area (Å²) in [5.74, 6) is -0.325. The Hall–Kier alpha value is -3.30. The number of carbonyl (C=O) groups excluding carboxylic acids is 1. The van der Waals surface area contributed by atoms with E-state index in [9.17, 15) is 14.7 Å². The van der Waals surface area contributed by atoms with Gasteiger partial charge >= 0.3 is 0 Å². The Morgan fingerprint density at radius 3 is 2.71 bits per heavy atom. The van der Waals surface area contributed by atoms with Crippen LogP contribution in [0.25, 0.3) is 11.1 Å². The van der Waals surface area contributed by atoms with E-state index in [1.54, 1.807) is 18.7 Å². The number of likely N-dealkylation sites (tertiary alicyclic amines) is 1. The molecule has 1 saturated heterocycles. The van der Waals surface area contributed by atoms with Crippen LogP contribution in [0.2, 0.25) is 0 Å². The van der Waals surface area contributed by atoms with E-state index in [1.807, 2.05) is 53.6 Å². The van der Waals surface area contributed by atoms with Gasteiger partial charge in [0.05, 0.1) is 24.1 Å². The van der Waals surface area contributed by atoms with Crippen LogP contribution in [-0.2, 0) is 24.8 Å². The molecule has 0 unspecified atom stereocenters. The van der Waals surface area contributed by atoms with Gasteiger partial charge in [0.25, 0.3) is 5.56 Å². The third-order valence-corrected chi connectivity index (χ3v) is 7.25. The molecule has 0 bridgehead atoms. The zero-order valence-corrected chi connectivity index (χ0v) is 19.5. The molecule has 2 N–H and O–H groups in total. The van der Waals surface area contributed by atoms with Crippen LogP contribution in [0.5, 0.6) is 0 Å². The highest BCUT2D eigenvalue weighted by Crippen LogP contribution is 2.49. The number of nitrogens with one attached hydrogen (secondary N) is 1. The van der Waals surface area contributed by atoms with E-state index in [2.05, 4.69) is 20.2 Å². The van der Waals surface area contributed by atoms with E-state index in [1.165, 1.54) is 0 Å². The van der Waals surface area contributed by atoms with Gasteiger partial charge in [-0.2, -0.15) is 0 Å². The number of likely N-dealkylation sites (N-methyl/N-ethyl adjacent to an activating group) is 1. The number of nitrogens with zero attached hydrogens (tertiary/aromatic N) is 5. The molecule has 3 aromatic heterocycles. The van der Waals surface area contributed by atoms with Crippen LogP contribution in [0.1, 0.15) is 24.4 Å². The maximum absolute atomic E-state index is 13.4. The molecule has 0 spiro atoms. The molecule has 2 aliphatic rings. The first-order valence-corrected chi connectivity index (χ1v) is 11.8. The molecule has 1 fully saturated rings. The number of aliphatic hydroxyl groups excluding tert-OH is 1. The first-order chi connectivity index (χ1) is 16.5. The number of imidazole rings is 1. The van der Waals surface area contributed by atoms with Gasteiger partial charge in [-0.15, -0.1) is 0 Å². The molecule has 9 heteroatoms. The molecule has 0 saturated carbocycles. The van der Waals surface area contributed by atoms with Crippen molar-refractivity contribution in [1.82, 2.24) is 29.3 Å². The van der Waals surface area contributed by atoms with E-state index in [0.717, 1.165) is 17.0 Å². The smallest absolute Gasteiger partial charge is 0.258 e. The third kappa shape index (κ3) is 3.74. The maximum atomic E-state index is 13.4. The average Bonchev–Trinajstić information content (AvgIpc) is 3.52. The Bertz CT molecular complexity index is 1240. The lowest BCUT2D eigenvalue weighted by molar-refractivity contribution is -0.127. The van der Waals surface area contributed by atoms with Gasteiger partial charge in [-0.05, 0) is 36.4 Å². The molecule has 0 radical (unpaired) electrons. The lowest BCUT2D eigenvalue weighted by atomic mass is 9.88. The Kier molecular flexibility index (Phi) is 6.05. The van der Waals surface area contributed by atoms with Gasteiger partial charge in [0.15, 0.2) is 0 Å². The van der Waals surface area contributed by atoms with Crippen molar-refractivity contribution in [2.24, 2.45) is 18.9 Å². The number of aromatic nitrogens is 4. The summed E-state index contributed by atoms with van der Waals surface area (Å²) in [6, 6.07) is 7.03. The van der Waals surface area contributed by atoms with E-state index < -0.39 is 6.04 Å². The van der Waals surface area contributed by atoms with Gasteiger partial charge in [-0.3, -0.25) is 19.5 Å². The molecule has 2 aliphatic heterocycles. The third-order valence-electron chi connectivity index (χ3n) is 7.25. The van der Waals surface area contributed by atoms with E-state index in [4.69, 9.17) is 0 Å². The predicted octanol–water partition coefficient (Wildman–Crippen LogP) is 0.986. The van der Waals surface area contributed by atoms with Crippen molar-refractivity contribution < 1.29 is 9.90 Å². The molecule has 3 aromatic rings. The first kappa shape index (κ1) is 22.5. The minimum absolute atomic E-state index is 0.00289. The number of rotatable bonds is 7. The standard InChI is InChI=1S/C25H30N6O3/c1-3-30-22-19(13-31-21(22)5-4-18(25(31)34)16-6-9-26-10-7-16)20(14-32)23(30)24(33)27-11-8-17-12-29(2)15-28-17/h4-7,9-10,12,15,19-20,22-23,32H,3,8,11,13-14H2,1-2H3,(H,27,33)/t19-,20-,22+,23-/m1/s1. The van der Waals surface area contributed by atoms with Crippen molar-refractivity contribution in [2.45, 2.75) is 32.0 Å². The highest BCUT2D eigenvalue weighted by atomic mass is 16.3. The van der Waals surface area contributed by atoms with Crippen LogP contribution in [0.3, 0.4) is 0 Å². The number of hydrogen-bond acceptors (Lipinski definition) is 6. The SMILES string of the molecule is CCN1[C@@H]2c3ccc(-c4ccncc4)c(=O)n3C[C@@H]2[C@@H](CO)[C@@H]1C(=O)NCCc1cn(C)cn1. The Morgan fingerprint density at radius 2 is 2.03 bits per heavy atom. The van der Waals surface area contributed by atoms with Crippen molar-refractivity contribution in [2.75, 3.05) is 19.7 Å². The fourth-order valence-electron chi connectivity index (χ4n) is 5.75. The van der Waals surface area contributed by atoms with Gasteiger partial charge in [0, 0.05) is 74.8 Å². The molecule has 0 aromatic carbocycles. The minimum atomic E-state index is -0.433. The molecule has 5 rings (SSSR count). The van der Waals surface area contributed by atoms with Crippen molar-refractivity contribution >= 4 is 5.91 Å². The van der Waals surface area contributed by atoms with Crippen LogP contribution in [0.4, 0.5) is 0 Å². The Labute approximate surface area is 198 Å². The average molecular weight is 463 g/mol. The van der Waals surface area contributed by atoms with Gasteiger partial charge in [0.1, 0.15) is 0 Å². The first-order valence-electron chi connectivity index (χ1n) is 11.8. The summed E-state index contributed by atoms with van der Waals surface area (Å²) in [5, 5.41) is 13.4. The summed E-state index contributed by atoms with van der Waals surface area (Å²) >= 11 is 0. The lowest BCUT2D eigenvalue weighted by Crippen LogP contribution is -2.48. The number of pyridine rings is 2. The number of hydrogen-bond donors (Lipinski definition) is 2. The molecule has 0 aliphatic carbocycles. The second-order valence-corrected chi connectivity index (χ2v) is 9.13. The summed E-state index contributed by atoms with van der Waals surface area (Å²) in [5.41, 5.74) is 3.27. The molecular formula is C25H30N6O3. The molecule has 9 nitrogen and oxygen atoms in total. The largest absolute Gasteiger partial charge is 0.396 e. The van der Waals surface area contributed by atoms with Crippen molar-refractivity contribution in [3.05, 3.63) is 70.9 Å². The summed E-state index contributed by atoms with van der Waals surface area (Å²) in [7, 11) is 1.92. The quantitative estimate of drug-likeness (QED) is 0.543. The monoisotopic (exact) mass is 462 g/mol. The Balaban J connectivity index is 1.39. The maximum Gasteiger partial charge on any atom is 0.258 e. The Morgan fingerprint density at radius 1 is 1.24 bits per heavy atom. The minimum Gasteiger partial charge on any atom is -0.396 e. The number of aryl methyl sites for hydroxylation is 1. The fraction of sp³-hybridized carbons (Fsp3) is 0.440. The topological polar surface area (TPSA) is 105 Å². The number of fused-ring (bicyclic) bond motifs is 3. The van der Waals surface area contributed by atoms with Crippen LogP contribution in [0, 0.1) is 11.8 Å². The van der Waals surface area contributed by atoms with Crippen LogP contribution < -0.4 is 10.9 Å². The van der Waals surface area contributed by atoms with Gasteiger partial charge in [0.2, 0.25) is 5.91 Å². The van der Waals surface area contributed by atoms with Crippen molar-refractivity contribution in [3.63, 3.8) is 0 Å². The molecule has 178 valence electrons. The highest BCUT2D eigenvalue weighted by Gasteiger charge is 2.54. The molecule has 5 heterocycles. The summed E-state index contributed by atoms with van der Waals surface area (Å²) in [4.78, 5) is 37.1. The summed E-state index contributed by atoms with van der Waals surface area (Å²) in [6.45, 7) is 3.56. The van der Waals surface area contributed by atoms with E-state index in [0.29, 0.717) is 31.6 Å². The summed E-state index contributed by atoms with van der Waals surface area (Å²) in [6.07, 6.45) is 7.70. The second-order valence-electron chi connectivity index (χ2n) is 9.13. The highest BCUT2D eigenvalue weighted by molar-refractivity contribution is 5.82. The van der Waals surface area contributed by atoms with Gasteiger partial charge in [-0.25, -0.2) is 4.98 Å². The fourth-order valence-corrected chi connectivity index (χ4v) is 5.75.